The lowest BCUT2D eigenvalue weighted by Crippen LogP contribution is -2.38. The zero-order chi connectivity index (χ0) is 12.8. The lowest BCUT2D eigenvalue weighted by molar-refractivity contribution is 0.0950. The van der Waals surface area contributed by atoms with Gasteiger partial charge in [-0.15, -0.1) is 0 Å². The Balaban J connectivity index is 2.61. The maximum absolute atomic E-state index is 11.8. The van der Waals surface area contributed by atoms with Crippen molar-refractivity contribution < 1.29 is 4.79 Å². The first-order chi connectivity index (χ1) is 8.04. The van der Waals surface area contributed by atoms with Gasteiger partial charge in [0.25, 0.3) is 5.91 Å². The summed E-state index contributed by atoms with van der Waals surface area (Å²) in [5.41, 5.74) is 0.405. The number of benzene rings is 1. The summed E-state index contributed by atoms with van der Waals surface area (Å²) in [6, 6.07) is 5.06. The fourth-order valence-electron chi connectivity index (χ4n) is 1.43. The van der Waals surface area contributed by atoms with Gasteiger partial charge in [0.1, 0.15) is 0 Å². The molecular formula is C12H16Cl2N2O. The first-order valence-corrected chi connectivity index (χ1v) is 6.26. The van der Waals surface area contributed by atoms with Crippen molar-refractivity contribution in [3.8, 4) is 0 Å². The van der Waals surface area contributed by atoms with Crippen molar-refractivity contribution in [2.75, 3.05) is 13.1 Å². The Kier molecular flexibility index (Phi) is 5.75. The van der Waals surface area contributed by atoms with Crippen LogP contribution >= 0.6 is 23.2 Å². The SMILES string of the molecule is CCN[C@H](C)CNC(=O)c1cc(Cl)ccc1Cl. The molecule has 1 atom stereocenters. The highest BCUT2D eigenvalue weighted by Gasteiger charge is 2.11. The van der Waals surface area contributed by atoms with E-state index >= 15 is 0 Å². The third-order valence-corrected chi connectivity index (χ3v) is 2.86. The van der Waals surface area contributed by atoms with E-state index in [0.717, 1.165) is 6.54 Å². The first kappa shape index (κ1) is 14.3. The van der Waals surface area contributed by atoms with Crippen LogP contribution in [0.25, 0.3) is 0 Å². The number of hydrogen-bond acceptors (Lipinski definition) is 2. The predicted molar refractivity (Wildman–Crippen MR) is 71.9 cm³/mol. The molecule has 0 radical (unpaired) electrons. The van der Waals surface area contributed by atoms with E-state index in [-0.39, 0.29) is 11.9 Å². The molecule has 1 rings (SSSR count). The quantitative estimate of drug-likeness (QED) is 0.867. The molecular weight excluding hydrogens is 259 g/mol. The normalized spacial score (nSPS) is 12.2. The van der Waals surface area contributed by atoms with Gasteiger partial charge in [0.15, 0.2) is 0 Å². The molecule has 0 aliphatic carbocycles. The van der Waals surface area contributed by atoms with Crippen molar-refractivity contribution >= 4 is 29.1 Å². The van der Waals surface area contributed by atoms with Gasteiger partial charge in [-0.25, -0.2) is 0 Å². The van der Waals surface area contributed by atoms with Crippen LogP contribution in [0.4, 0.5) is 0 Å². The largest absolute Gasteiger partial charge is 0.350 e. The summed E-state index contributed by atoms with van der Waals surface area (Å²) in [7, 11) is 0. The molecule has 0 unspecified atom stereocenters. The highest BCUT2D eigenvalue weighted by molar-refractivity contribution is 6.35. The molecule has 0 aliphatic heterocycles. The third-order valence-electron chi connectivity index (χ3n) is 2.29. The highest BCUT2D eigenvalue weighted by Crippen LogP contribution is 2.20. The number of rotatable bonds is 5. The van der Waals surface area contributed by atoms with Gasteiger partial charge in [-0.1, -0.05) is 30.1 Å². The number of halogens is 2. The predicted octanol–water partition coefficient (Wildman–Crippen LogP) is 2.72. The summed E-state index contributed by atoms with van der Waals surface area (Å²) in [5.74, 6) is -0.206. The molecule has 2 N–H and O–H groups in total. The molecule has 0 saturated carbocycles. The standard InChI is InChI=1S/C12H16Cl2N2O/c1-3-15-8(2)7-16-12(17)10-6-9(13)4-5-11(10)14/h4-6,8,15H,3,7H2,1-2H3,(H,16,17)/t8-/m1/s1. The number of likely N-dealkylation sites (N-methyl/N-ethyl adjacent to an activating group) is 1. The molecule has 0 aromatic heterocycles. The van der Waals surface area contributed by atoms with E-state index in [4.69, 9.17) is 23.2 Å². The van der Waals surface area contributed by atoms with Gasteiger partial charge in [-0.05, 0) is 31.7 Å². The fourth-order valence-corrected chi connectivity index (χ4v) is 1.81. The molecule has 1 aromatic rings. The second-order valence-corrected chi connectivity index (χ2v) is 4.64. The van der Waals surface area contributed by atoms with E-state index in [1.807, 2.05) is 13.8 Å². The summed E-state index contributed by atoms with van der Waals surface area (Å²) >= 11 is 11.8. The molecule has 17 heavy (non-hydrogen) atoms. The van der Waals surface area contributed by atoms with Crippen LogP contribution in [-0.2, 0) is 0 Å². The van der Waals surface area contributed by atoms with Crippen molar-refractivity contribution in [2.45, 2.75) is 19.9 Å². The van der Waals surface area contributed by atoms with E-state index in [2.05, 4.69) is 10.6 Å². The van der Waals surface area contributed by atoms with E-state index in [0.29, 0.717) is 22.2 Å². The molecule has 0 saturated heterocycles. The van der Waals surface area contributed by atoms with Crippen LogP contribution in [0.15, 0.2) is 18.2 Å². The average Bonchev–Trinajstić information content (AvgIpc) is 2.29. The van der Waals surface area contributed by atoms with Crippen LogP contribution in [-0.4, -0.2) is 25.0 Å². The fraction of sp³-hybridized carbons (Fsp3) is 0.417. The molecule has 1 amide bonds. The van der Waals surface area contributed by atoms with Crippen molar-refractivity contribution in [2.24, 2.45) is 0 Å². The van der Waals surface area contributed by atoms with E-state index in [9.17, 15) is 4.79 Å². The molecule has 0 aliphatic rings. The maximum Gasteiger partial charge on any atom is 0.252 e. The minimum Gasteiger partial charge on any atom is -0.350 e. The van der Waals surface area contributed by atoms with E-state index in [1.54, 1.807) is 18.2 Å². The summed E-state index contributed by atoms with van der Waals surface area (Å²) in [5, 5.41) is 6.92. The Morgan fingerprint density at radius 2 is 2.12 bits per heavy atom. The zero-order valence-corrected chi connectivity index (χ0v) is 11.4. The van der Waals surface area contributed by atoms with Crippen LogP contribution in [0.3, 0.4) is 0 Å². The summed E-state index contributed by atoms with van der Waals surface area (Å²) in [6.45, 7) is 5.44. The van der Waals surface area contributed by atoms with Crippen LogP contribution in [0.5, 0.6) is 0 Å². The Morgan fingerprint density at radius 3 is 2.76 bits per heavy atom. The third kappa shape index (κ3) is 4.54. The number of carbonyl (C=O) groups excluding carboxylic acids is 1. The van der Waals surface area contributed by atoms with E-state index in [1.165, 1.54) is 0 Å². The summed E-state index contributed by atoms with van der Waals surface area (Å²) in [6.07, 6.45) is 0. The summed E-state index contributed by atoms with van der Waals surface area (Å²) in [4.78, 5) is 11.8. The minimum absolute atomic E-state index is 0.206. The van der Waals surface area contributed by atoms with Gasteiger partial charge in [0, 0.05) is 17.6 Å². The molecule has 0 bridgehead atoms. The second kappa shape index (κ2) is 6.84. The first-order valence-electron chi connectivity index (χ1n) is 5.51. The summed E-state index contributed by atoms with van der Waals surface area (Å²) < 4.78 is 0. The minimum atomic E-state index is -0.206. The topological polar surface area (TPSA) is 41.1 Å². The molecule has 0 fully saturated rings. The average molecular weight is 275 g/mol. The van der Waals surface area contributed by atoms with Crippen molar-refractivity contribution in [3.63, 3.8) is 0 Å². The number of nitrogens with one attached hydrogen (secondary N) is 2. The van der Waals surface area contributed by atoms with Gasteiger partial charge >= 0.3 is 0 Å². The van der Waals surface area contributed by atoms with Gasteiger partial charge in [0.05, 0.1) is 10.6 Å². The molecule has 1 aromatic carbocycles. The van der Waals surface area contributed by atoms with Crippen LogP contribution < -0.4 is 10.6 Å². The number of hydrogen-bond donors (Lipinski definition) is 2. The van der Waals surface area contributed by atoms with Crippen molar-refractivity contribution in [1.82, 2.24) is 10.6 Å². The number of amides is 1. The second-order valence-electron chi connectivity index (χ2n) is 3.79. The number of carbonyl (C=O) groups is 1. The molecule has 94 valence electrons. The molecule has 0 heterocycles. The monoisotopic (exact) mass is 274 g/mol. The lowest BCUT2D eigenvalue weighted by Gasteiger charge is -2.13. The van der Waals surface area contributed by atoms with E-state index < -0.39 is 0 Å². The highest BCUT2D eigenvalue weighted by atomic mass is 35.5. The van der Waals surface area contributed by atoms with Gasteiger partial charge in [-0.3, -0.25) is 4.79 Å². The smallest absolute Gasteiger partial charge is 0.252 e. The molecule has 0 spiro atoms. The van der Waals surface area contributed by atoms with Gasteiger partial charge in [-0.2, -0.15) is 0 Å². The maximum atomic E-state index is 11.8. The molecule has 5 heteroatoms. The zero-order valence-electron chi connectivity index (χ0n) is 9.89. The van der Waals surface area contributed by atoms with Crippen molar-refractivity contribution in [1.29, 1.82) is 0 Å². The molecule has 3 nitrogen and oxygen atoms in total. The van der Waals surface area contributed by atoms with Crippen LogP contribution in [0.1, 0.15) is 24.2 Å². The Morgan fingerprint density at radius 1 is 1.41 bits per heavy atom. The van der Waals surface area contributed by atoms with Crippen molar-refractivity contribution in [3.05, 3.63) is 33.8 Å². The van der Waals surface area contributed by atoms with Gasteiger partial charge < -0.3 is 10.6 Å². The van der Waals surface area contributed by atoms with Gasteiger partial charge in [0.2, 0.25) is 0 Å². The van der Waals surface area contributed by atoms with Crippen LogP contribution in [0, 0.1) is 0 Å². The van der Waals surface area contributed by atoms with Crippen LogP contribution in [0.2, 0.25) is 10.0 Å². The lowest BCUT2D eigenvalue weighted by atomic mass is 10.2. The Hall–Kier alpha value is -0.770. The Labute approximate surface area is 111 Å². The Bertz CT molecular complexity index is 396.